The van der Waals surface area contributed by atoms with Gasteiger partial charge in [-0.2, -0.15) is 0 Å². The molecule has 0 atom stereocenters. The van der Waals surface area contributed by atoms with E-state index in [2.05, 4.69) is 44.0 Å². The molecule has 0 fully saturated rings. The number of nitrogen functional groups attached to an aromatic ring is 1. The van der Waals surface area contributed by atoms with E-state index in [-0.39, 0.29) is 0 Å². The molecule has 0 saturated carbocycles. The number of benzene rings is 2. The Morgan fingerprint density at radius 1 is 1.05 bits per heavy atom. The van der Waals surface area contributed by atoms with Crippen molar-refractivity contribution >= 4 is 11.4 Å². The Morgan fingerprint density at radius 3 is 2.25 bits per heavy atom. The third-order valence-electron chi connectivity index (χ3n) is 3.36. The lowest BCUT2D eigenvalue weighted by Gasteiger charge is -2.21. The molecule has 0 heterocycles. The van der Waals surface area contributed by atoms with E-state index in [1.807, 2.05) is 18.2 Å². The molecule has 106 valence electrons. The summed E-state index contributed by atoms with van der Waals surface area (Å²) in [5, 5.41) is 0. The summed E-state index contributed by atoms with van der Waals surface area (Å²) in [6, 6.07) is 12.5. The molecule has 0 aliphatic rings. The molecule has 0 saturated heterocycles. The molecule has 2 rings (SSSR count). The normalized spacial score (nSPS) is 10.4. The lowest BCUT2D eigenvalue weighted by molar-refractivity contribution is 0.417. The average molecular weight is 270 g/mol. The topological polar surface area (TPSA) is 38.5 Å². The molecule has 3 heteroatoms. The Labute approximate surface area is 121 Å². The van der Waals surface area contributed by atoms with Crippen molar-refractivity contribution in [2.45, 2.75) is 20.4 Å². The van der Waals surface area contributed by atoms with Gasteiger partial charge >= 0.3 is 0 Å². The van der Waals surface area contributed by atoms with Crippen LogP contribution in [0.3, 0.4) is 0 Å². The molecule has 2 aromatic carbocycles. The third-order valence-corrected chi connectivity index (χ3v) is 3.36. The first-order valence-electron chi connectivity index (χ1n) is 6.71. The molecule has 0 spiro atoms. The highest BCUT2D eigenvalue weighted by molar-refractivity contribution is 5.56. The molecule has 0 unspecified atom stereocenters. The van der Waals surface area contributed by atoms with Crippen LogP contribution in [0.5, 0.6) is 5.75 Å². The van der Waals surface area contributed by atoms with Crippen molar-refractivity contribution in [2.24, 2.45) is 0 Å². The number of nitrogens with two attached hydrogens (primary N) is 1. The molecule has 20 heavy (non-hydrogen) atoms. The maximum absolute atomic E-state index is 5.95. The number of aryl methyl sites for hydroxylation is 2. The number of hydrogen-bond donors (Lipinski definition) is 1. The summed E-state index contributed by atoms with van der Waals surface area (Å²) in [7, 11) is 3.72. The zero-order valence-corrected chi connectivity index (χ0v) is 12.6. The standard InChI is InChI=1S/C17H22N2O/c1-12-7-13(2)9-15(8-12)19(3)11-14-5-6-17(20-4)16(18)10-14/h5-10H,11,18H2,1-4H3. The number of ether oxygens (including phenoxy) is 1. The van der Waals surface area contributed by atoms with E-state index in [9.17, 15) is 0 Å². The summed E-state index contributed by atoms with van der Waals surface area (Å²) >= 11 is 0. The molecule has 2 N–H and O–H groups in total. The number of methoxy groups -OCH3 is 1. The van der Waals surface area contributed by atoms with Crippen molar-refractivity contribution < 1.29 is 4.74 Å². The smallest absolute Gasteiger partial charge is 0.141 e. The second-order valence-electron chi connectivity index (χ2n) is 5.28. The molecule has 0 aliphatic heterocycles. The molecule has 3 nitrogen and oxygen atoms in total. The summed E-state index contributed by atoms with van der Waals surface area (Å²) in [6.07, 6.45) is 0. The van der Waals surface area contributed by atoms with Crippen LogP contribution in [0.2, 0.25) is 0 Å². The Balaban J connectivity index is 2.18. The summed E-state index contributed by atoms with van der Waals surface area (Å²) in [5.74, 6) is 0.725. The molecular formula is C17H22N2O. The van der Waals surface area contributed by atoms with Gasteiger partial charge in [-0.05, 0) is 54.8 Å². The van der Waals surface area contributed by atoms with Crippen molar-refractivity contribution in [3.8, 4) is 5.75 Å². The minimum Gasteiger partial charge on any atom is -0.495 e. The average Bonchev–Trinajstić information content (AvgIpc) is 2.37. The first-order chi connectivity index (χ1) is 9.49. The largest absolute Gasteiger partial charge is 0.495 e. The summed E-state index contributed by atoms with van der Waals surface area (Å²) in [5.41, 5.74) is 11.6. The fourth-order valence-corrected chi connectivity index (χ4v) is 2.42. The van der Waals surface area contributed by atoms with Crippen molar-refractivity contribution in [3.05, 3.63) is 53.1 Å². The first-order valence-corrected chi connectivity index (χ1v) is 6.71. The van der Waals surface area contributed by atoms with Gasteiger partial charge in [0, 0.05) is 19.3 Å². The Kier molecular flexibility index (Phi) is 4.18. The Hall–Kier alpha value is -2.16. The minimum atomic E-state index is 0.679. The van der Waals surface area contributed by atoms with Crippen molar-refractivity contribution in [2.75, 3.05) is 24.8 Å². The SMILES string of the molecule is COc1ccc(CN(C)c2cc(C)cc(C)c2)cc1N. The van der Waals surface area contributed by atoms with Gasteiger partial charge in [0.25, 0.3) is 0 Å². The second kappa shape index (κ2) is 5.87. The van der Waals surface area contributed by atoms with Crippen LogP contribution >= 0.6 is 0 Å². The highest BCUT2D eigenvalue weighted by atomic mass is 16.5. The van der Waals surface area contributed by atoms with Crippen molar-refractivity contribution in [1.82, 2.24) is 0 Å². The van der Waals surface area contributed by atoms with Crippen molar-refractivity contribution in [3.63, 3.8) is 0 Å². The molecule has 0 bridgehead atoms. The van der Waals surface area contributed by atoms with Crippen LogP contribution in [0, 0.1) is 13.8 Å². The van der Waals surface area contributed by atoms with Gasteiger partial charge in [0.1, 0.15) is 5.75 Å². The van der Waals surface area contributed by atoms with E-state index >= 15 is 0 Å². The predicted octanol–water partition coefficient (Wildman–Crippen LogP) is 3.53. The highest BCUT2D eigenvalue weighted by Gasteiger charge is 2.06. The minimum absolute atomic E-state index is 0.679. The van der Waals surface area contributed by atoms with Crippen molar-refractivity contribution in [1.29, 1.82) is 0 Å². The Morgan fingerprint density at radius 2 is 1.70 bits per heavy atom. The summed E-state index contributed by atoms with van der Waals surface area (Å²) in [4.78, 5) is 2.22. The van der Waals surface area contributed by atoms with E-state index in [1.165, 1.54) is 22.4 Å². The lowest BCUT2D eigenvalue weighted by Crippen LogP contribution is -2.16. The lowest BCUT2D eigenvalue weighted by atomic mass is 10.1. The van der Waals surface area contributed by atoms with Crippen LogP contribution in [-0.2, 0) is 6.54 Å². The number of hydrogen-bond acceptors (Lipinski definition) is 3. The monoisotopic (exact) mass is 270 g/mol. The molecule has 0 amide bonds. The van der Waals surface area contributed by atoms with Gasteiger partial charge in [-0.1, -0.05) is 12.1 Å². The van der Waals surface area contributed by atoms with Gasteiger partial charge in [-0.3, -0.25) is 0 Å². The van der Waals surface area contributed by atoms with Crippen LogP contribution in [0.15, 0.2) is 36.4 Å². The Bertz CT molecular complexity index is 588. The predicted molar refractivity (Wildman–Crippen MR) is 85.4 cm³/mol. The van der Waals surface area contributed by atoms with Gasteiger partial charge in [0.05, 0.1) is 12.8 Å². The quantitative estimate of drug-likeness (QED) is 0.864. The van der Waals surface area contributed by atoms with E-state index in [0.717, 1.165) is 12.3 Å². The summed E-state index contributed by atoms with van der Waals surface area (Å²) in [6.45, 7) is 5.06. The molecule has 0 radical (unpaired) electrons. The van der Waals surface area contributed by atoms with Gasteiger partial charge in [0.15, 0.2) is 0 Å². The van der Waals surface area contributed by atoms with E-state index in [1.54, 1.807) is 7.11 Å². The molecule has 0 aliphatic carbocycles. The third kappa shape index (κ3) is 3.23. The summed E-state index contributed by atoms with van der Waals surface area (Å²) < 4.78 is 5.18. The van der Waals surface area contributed by atoms with Gasteiger partial charge < -0.3 is 15.4 Å². The number of nitrogens with zero attached hydrogens (tertiary/aromatic N) is 1. The van der Waals surface area contributed by atoms with Crippen LogP contribution in [-0.4, -0.2) is 14.2 Å². The number of rotatable bonds is 4. The van der Waals surface area contributed by atoms with E-state index in [4.69, 9.17) is 10.5 Å². The maximum atomic E-state index is 5.95. The fraction of sp³-hybridized carbons (Fsp3) is 0.294. The van der Waals surface area contributed by atoms with E-state index in [0.29, 0.717) is 5.69 Å². The van der Waals surface area contributed by atoms with Gasteiger partial charge in [-0.25, -0.2) is 0 Å². The fourth-order valence-electron chi connectivity index (χ4n) is 2.42. The van der Waals surface area contributed by atoms with E-state index < -0.39 is 0 Å². The van der Waals surface area contributed by atoms with Crippen LogP contribution in [0.4, 0.5) is 11.4 Å². The molecule has 0 aromatic heterocycles. The zero-order valence-electron chi connectivity index (χ0n) is 12.6. The zero-order chi connectivity index (χ0) is 14.7. The second-order valence-corrected chi connectivity index (χ2v) is 5.28. The van der Waals surface area contributed by atoms with Crippen LogP contribution in [0.25, 0.3) is 0 Å². The van der Waals surface area contributed by atoms with Gasteiger partial charge in [0.2, 0.25) is 0 Å². The highest BCUT2D eigenvalue weighted by Crippen LogP contribution is 2.24. The first kappa shape index (κ1) is 14.3. The number of anilines is 2. The van der Waals surface area contributed by atoms with Crippen LogP contribution < -0.4 is 15.4 Å². The van der Waals surface area contributed by atoms with Gasteiger partial charge in [-0.15, -0.1) is 0 Å². The van der Waals surface area contributed by atoms with Crippen LogP contribution in [0.1, 0.15) is 16.7 Å². The molecular weight excluding hydrogens is 248 g/mol. The maximum Gasteiger partial charge on any atom is 0.141 e. The molecule has 2 aromatic rings.